The van der Waals surface area contributed by atoms with E-state index in [4.69, 9.17) is 0 Å². The Bertz CT molecular complexity index is 242. The summed E-state index contributed by atoms with van der Waals surface area (Å²) in [5.74, 6) is 0.764. The third-order valence-corrected chi connectivity index (χ3v) is 2.60. The van der Waals surface area contributed by atoms with Gasteiger partial charge in [0.05, 0.1) is 0 Å². The number of aryl methyl sites for hydroxylation is 1. The van der Waals surface area contributed by atoms with Crippen molar-refractivity contribution in [2.24, 2.45) is 5.92 Å². The zero-order chi connectivity index (χ0) is 11.6. The highest BCUT2D eigenvalue weighted by molar-refractivity contribution is 4.77. The molecule has 92 valence electrons. The molecule has 0 aliphatic rings. The maximum Gasteiger partial charge on any atom is 0.0489 e. The monoisotopic (exact) mass is 223 g/mol. The Hall–Kier alpha value is -0.830. The predicted molar refractivity (Wildman–Crippen MR) is 68.4 cm³/mol. The van der Waals surface area contributed by atoms with Gasteiger partial charge in [0.2, 0.25) is 0 Å². The third-order valence-electron chi connectivity index (χ3n) is 2.60. The van der Waals surface area contributed by atoms with Crippen LogP contribution in [-0.4, -0.2) is 22.9 Å². The summed E-state index contributed by atoms with van der Waals surface area (Å²) in [5, 5.41) is 7.66. The summed E-state index contributed by atoms with van der Waals surface area (Å²) >= 11 is 0. The fourth-order valence-electron chi connectivity index (χ4n) is 1.70. The molecule has 1 heterocycles. The van der Waals surface area contributed by atoms with Gasteiger partial charge in [0, 0.05) is 18.9 Å². The van der Waals surface area contributed by atoms with Gasteiger partial charge in [0.15, 0.2) is 0 Å². The zero-order valence-electron chi connectivity index (χ0n) is 10.7. The van der Waals surface area contributed by atoms with Crippen LogP contribution in [0.3, 0.4) is 0 Å². The molecule has 3 heteroatoms. The number of aromatic nitrogens is 2. The van der Waals surface area contributed by atoms with Crippen molar-refractivity contribution in [1.82, 2.24) is 15.1 Å². The first-order valence-corrected chi connectivity index (χ1v) is 6.47. The molecule has 0 saturated carbocycles. The lowest BCUT2D eigenvalue weighted by Crippen LogP contribution is -2.20. The second-order valence-corrected chi connectivity index (χ2v) is 4.78. The average molecular weight is 223 g/mol. The van der Waals surface area contributed by atoms with Crippen LogP contribution in [-0.2, 0) is 6.54 Å². The summed E-state index contributed by atoms with van der Waals surface area (Å²) in [4.78, 5) is 0. The summed E-state index contributed by atoms with van der Waals surface area (Å²) < 4.78 is 2.01. The van der Waals surface area contributed by atoms with Gasteiger partial charge in [0.1, 0.15) is 0 Å². The molecule has 3 nitrogen and oxygen atoms in total. The molecule has 1 aromatic rings. The van der Waals surface area contributed by atoms with Crippen LogP contribution in [0.5, 0.6) is 0 Å². The maximum atomic E-state index is 4.19. The minimum Gasteiger partial charge on any atom is -0.316 e. The smallest absolute Gasteiger partial charge is 0.0489 e. The minimum absolute atomic E-state index is 0.764. The normalized spacial score (nSPS) is 11.2. The van der Waals surface area contributed by atoms with Crippen molar-refractivity contribution in [2.45, 2.75) is 46.1 Å². The van der Waals surface area contributed by atoms with Gasteiger partial charge in [-0.2, -0.15) is 5.10 Å². The van der Waals surface area contributed by atoms with Crippen LogP contribution in [0.15, 0.2) is 18.5 Å². The molecule has 0 spiro atoms. The minimum atomic E-state index is 0.764. The van der Waals surface area contributed by atoms with E-state index in [9.17, 15) is 0 Å². The maximum absolute atomic E-state index is 4.19. The molecule has 1 rings (SSSR count). The highest BCUT2D eigenvalue weighted by Crippen LogP contribution is 2.01. The Morgan fingerprint density at radius 2 is 2.00 bits per heavy atom. The summed E-state index contributed by atoms with van der Waals surface area (Å²) in [6, 6.07) is 1.98. The van der Waals surface area contributed by atoms with Crippen molar-refractivity contribution >= 4 is 0 Å². The van der Waals surface area contributed by atoms with Gasteiger partial charge in [0.25, 0.3) is 0 Å². The van der Waals surface area contributed by atoms with E-state index in [1.54, 1.807) is 0 Å². The molecule has 0 fully saturated rings. The van der Waals surface area contributed by atoms with Gasteiger partial charge in [-0.15, -0.1) is 0 Å². The third kappa shape index (κ3) is 6.62. The molecule has 0 radical (unpaired) electrons. The predicted octanol–water partition coefficient (Wildman–Crippen LogP) is 2.69. The van der Waals surface area contributed by atoms with Crippen LogP contribution < -0.4 is 5.32 Å². The van der Waals surface area contributed by atoms with Gasteiger partial charge in [-0.05, 0) is 37.9 Å². The van der Waals surface area contributed by atoms with Gasteiger partial charge in [-0.3, -0.25) is 4.68 Å². The highest BCUT2D eigenvalue weighted by atomic mass is 15.3. The Balaban J connectivity index is 1.82. The first-order valence-electron chi connectivity index (χ1n) is 6.47. The van der Waals surface area contributed by atoms with E-state index in [0.29, 0.717) is 0 Å². The number of unbranched alkanes of at least 4 members (excludes halogenated alkanes) is 3. The topological polar surface area (TPSA) is 29.9 Å². The molecule has 0 unspecified atom stereocenters. The van der Waals surface area contributed by atoms with Gasteiger partial charge >= 0.3 is 0 Å². The van der Waals surface area contributed by atoms with Crippen molar-refractivity contribution in [1.29, 1.82) is 0 Å². The van der Waals surface area contributed by atoms with Crippen LogP contribution in [0.2, 0.25) is 0 Å². The molecule has 0 bridgehead atoms. The molecule has 0 aromatic carbocycles. The summed E-state index contributed by atoms with van der Waals surface area (Å²) in [7, 11) is 0. The first-order chi connectivity index (χ1) is 7.79. The van der Waals surface area contributed by atoms with Crippen molar-refractivity contribution in [2.75, 3.05) is 13.1 Å². The van der Waals surface area contributed by atoms with E-state index in [2.05, 4.69) is 24.3 Å². The number of nitrogens with zero attached hydrogens (tertiary/aromatic N) is 2. The van der Waals surface area contributed by atoms with Crippen molar-refractivity contribution in [3.8, 4) is 0 Å². The van der Waals surface area contributed by atoms with E-state index in [1.807, 2.05) is 23.1 Å². The Kier molecular flexibility index (Phi) is 6.90. The van der Waals surface area contributed by atoms with Crippen LogP contribution in [0, 0.1) is 5.92 Å². The Morgan fingerprint density at radius 1 is 1.19 bits per heavy atom. The molecule has 16 heavy (non-hydrogen) atoms. The van der Waals surface area contributed by atoms with Gasteiger partial charge in [-0.1, -0.05) is 26.7 Å². The fraction of sp³-hybridized carbons (Fsp3) is 0.769. The van der Waals surface area contributed by atoms with Gasteiger partial charge in [-0.25, -0.2) is 0 Å². The standard InChI is InChI=1S/C13H25N3/c1-13(2)12-14-8-5-3-4-6-10-16-11-7-9-15-16/h7,9,11,13-14H,3-6,8,10,12H2,1-2H3. The molecular formula is C13H25N3. The summed E-state index contributed by atoms with van der Waals surface area (Å²) in [6.07, 6.45) is 9.05. The zero-order valence-corrected chi connectivity index (χ0v) is 10.7. The fourth-order valence-corrected chi connectivity index (χ4v) is 1.70. The number of hydrogen-bond acceptors (Lipinski definition) is 2. The average Bonchev–Trinajstić information content (AvgIpc) is 2.74. The number of rotatable bonds is 9. The van der Waals surface area contributed by atoms with E-state index in [0.717, 1.165) is 19.0 Å². The number of nitrogens with one attached hydrogen (secondary N) is 1. The number of hydrogen-bond donors (Lipinski definition) is 1. The second kappa shape index (κ2) is 8.34. The van der Waals surface area contributed by atoms with Crippen LogP contribution in [0.25, 0.3) is 0 Å². The van der Waals surface area contributed by atoms with E-state index in [-0.39, 0.29) is 0 Å². The lowest BCUT2D eigenvalue weighted by Gasteiger charge is -2.07. The lowest BCUT2D eigenvalue weighted by atomic mass is 10.2. The van der Waals surface area contributed by atoms with E-state index < -0.39 is 0 Å². The Labute approximate surface area is 99.2 Å². The quantitative estimate of drug-likeness (QED) is 0.652. The summed E-state index contributed by atoms with van der Waals surface area (Å²) in [5.41, 5.74) is 0. The first kappa shape index (κ1) is 13.2. The Morgan fingerprint density at radius 3 is 2.69 bits per heavy atom. The highest BCUT2D eigenvalue weighted by Gasteiger charge is 1.94. The van der Waals surface area contributed by atoms with Gasteiger partial charge < -0.3 is 5.32 Å². The molecule has 0 atom stereocenters. The van der Waals surface area contributed by atoms with Crippen LogP contribution in [0.1, 0.15) is 39.5 Å². The van der Waals surface area contributed by atoms with E-state index in [1.165, 1.54) is 32.2 Å². The van der Waals surface area contributed by atoms with Crippen molar-refractivity contribution in [3.05, 3.63) is 18.5 Å². The molecule has 1 N–H and O–H groups in total. The molecule has 0 saturated heterocycles. The molecule has 0 aliphatic carbocycles. The van der Waals surface area contributed by atoms with Crippen LogP contribution in [0.4, 0.5) is 0 Å². The van der Waals surface area contributed by atoms with Crippen molar-refractivity contribution in [3.63, 3.8) is 0 Å². The molecule has 0 amide bonds. The molecular weight excluding hydrogens is 198 g/mol. The molecule has 1 aromatic heterocycles. The molecule has 0 aliphatic heterocycles. The van der Waals surface area contributed by atoms with Crippen molar-refractivity contribution < 1.29 is 0 Å². The lowest BCUT2D eigenvalue weighted by molar-refractivity contribution is 0.505. The second-order valence-electron chi connectivity index (χ2n) is 4.78. The van der Waals surface area contributed by atoms with Crippen LogP contribution >= 0.6 is 0 Å². The largest absolute Gasteiger partial charge is 0.316 e. The summed E-state index contributed by atoms with van der Waals surface area (Å²) in [6.45, 7) is 7.87. The SMILES string of the molecule is CC(C)CNCCCCCCn1cccn1. The van der Waals surface area contributed by atoms with E-state index >= 15 is 0 Å².